The summed E-state index contributed by atoms with van der Waals surface area (Å²) in [7, 11) is -2.43. The van der Waals surface area contributed by atoms with Gasteiger partial charge in [-0.3, -0.25) is 24.0 Å². The highest BCUT2D eigenvalue weighted by Gasteiger charge is 2.63. The van der Waals surface area contributed by atoms with Crippen molar-refractivity contribution in [2.75, 3.05) is 26.9 Å². The molecule has 4 aliphatic carbocycles. The number of carbonyl (C=O) groups excluding carboxylic acids is 3. The molecule has 16 heteroatoms. The monoisotopic (exact) mass is 835 g/mol. The Bertz CT molecular complexity index is 2120. The van der Waals surface area contributed by atoms with Crippen LogP contribution in [-0.4, -0.2) is 114 Å². The largest absolute Gasteiger partial charge is 0.489 e. The number of nitrogens with one attached hydrogen (secondary N) is 2. The van der Waals surface area contributed by atoms with Gasteiger partial charge in [0.15, 0.2) is 0 Å². The van der Waals surface area contributed by atoms with Crippen LogP contribution in [0.2, 0.25) is 0 Å². The number of carbonyl (C=O) groups is 4. The fourth-order valence-corrected chi connectivity index (χ4v) is 11.2. The maximum Gasteiger partial charge on any atom is 0.408 e. The summed E-state index contributed by atoms with van der Waals surface area (Å²) in [5.41, 5.74) is -1.55. The van der Waals surface area contributed by atoms with E-state index in [1.54, 1.807) is 20.2 Å². The third-order valence-electron chi connectivity index (χ3n) is 13.9. The summed E-state index contributed by atoms with van der Waals surface area (Å²) < 4.78 is 45.4. The average molecular weight is 836 g/mol. The number of carboxylic acid groups (broad SMARTS) is 1. The van der Waals surface area contributed by atoms with Crippen LogP contribution in [-0.2, 0) is 29.1 Å². The highest BCUT2D eigenvalue weighted by atomic mass is 32.2. The van der Waals surface area contributed by atoms with Crippen molar-refractivity contribution in [3.05, 3.63) is 42.6 Å². The van der Waals surface area contributed by atoms with Gasteiger partial charge in [-0.2, -0.15) is 0 Å². The number of methoxy groups -OCH3 is 1. The molecule has 59 heavy (non-hydrogen) atoms. The standard InChI is InChI=1S/C43H57N5O10S/c1-25-9-5-6-10-29-22-43(29,40(51)46-59(54,55)42(3)13-14-42)45-37(49)34-21-31(58-38-33-12-8-7-11-32(33)35(23-44-38)57-16-15-56-4)24-47(34)39(50)36(26(2)17-25)48(41(52)53)30-19-27-18-28(27)20-30/h6-8,10-12,23,25-31,34,36H,5,9,13-22,24H2,1-4H3,(H,45,49)(H,46,51)(H,52,53)/t25-,26-,27+,28+,29-,31-,34+,36+,43-/m1/s1. The second-order valence-corrected chi connectivity index (χ2v) is 20.5. The molecule has 4 amide bonds. The lowest BCUT2D eigenvalue weighted by Crippen LogP contribution is -2.61. The first-order valence-electron chi connectivity index (χ1n) is 21.2. The van der Waals surface area contributed by atoms with E-state index in [0.717, 1.165) is 18.2 Å². The Labute approximate surface area is 345 Å². The number of benzene rings is 1. The number of nitrogens with zero attached hydrogens (tertiary/aromatic N) is 3. The van der Waals surface area contributed by atoms with Crippen molar-refractivity contribution in [1.29, 1.82) is 0 Å². The van der Waals surface area contributed by atoms with Crippen molar-refractivity contribution in [3.8, 4) is 11.6 Å². The van der Waals surface area contributed by atoms with Crippen molar-refractivity contribution in [2.24, 2.45) is 29.6 Å². The van der Waals surface area contributed by atoms with Gasteiger partial charge < -0.3 is 29.5 Å². The zero-order valence-electron chi connectivity index (χ0n) is 34.3. The van der Waals surface area contributed by atoms with Crippen LogP contribution in [0.1, 0.15) is 85.0 Å². The highest BCUT2D eigenvalue weighted by Crippen LogP contribution is 2.54. The van der Waals surface area contributed by atoms with Crippen molar-refractivity contribution >= 4 is 44.6 Å². The molecule has 3 heterocycles. The van der Waals surface area contributed by atoms with Crippen LogP contribution in [0.25, 0.3) is 10.8 Å². The van der Waals surface area contributed by atoms with Gasteiger partial charge in [0.25, 0.3) is 5.91 Å². The number of aromatic nitrogens is 1. The van der Waals surface area contributed by atoms with E-state index >= 15 is 4.79 Å². The molecular formula is C43H57N5O10S. The summed E-state index contributed by atoms with van der Waals surface area (Å²) in [6.45, 7) is 6.27. The topological polar surface area (TPSA) is 194 Å². The van der Waals surface area contributed by atoms with Gasteiger partial charge in [0.1, 0.15) is 36.1 Å². The summed E-state index contributed by atoms with van der Waals surface area (Å²) in [5, 5.41) is 15.2. The quantitative estimate of drug-likeness (QED) is 0.211. The SMILES string of the molecule is COCCOc1cnc(O[C@@H]2C[C@H]3C(=O)N[C@]4(C(=O)NS(=O)(=O)C5(C)CC5)C[C@H]4C=CCC[C@@H](C)C[C@@H](C)[C@H](N(C(=O)O)C4C[C@@H]5C[C@H]5C4)C(=O)N3C2)c2ccccc12. The average Bonchev–Trinajstić information content (AvgIpc) is 4.15. The molecule has 3 N–H and O–H groups in total. The molecule has 2 aromatic rings. The molecule has 1 saturated heterocycles. The number of pyridine rings is 1. The number of sulfonamides is 1. The molecule has 0 unspecified atom stereocenters. The molecule has 2 aliphatic heterocycles. The lowest BCUT2D eigenvalue weighted by atomic mass is 9.86. The Balaban J connectivity index is 1.14. The van der Waals surface area contributed by atoms with Gasteiger partial charge in [-0.1, -0.05) is 44.2 Å². The minimum atomic E-state index is -4.02. The molecule has 8 rings (SSSR count). The number of amides is 4. The van der Waals surface area contributed by atoms with Crippen molar-refractivity contribution in [2.45, 2.75) is 119 Å². The molecule has 0 radical (unpaired) electrons. The van der Waals surface area contributed by atoms with Gasteiger partial charge in [-0.05, 0) is 94.4 Å². The Kier molecular flexibility index (Phi) is 11.1. The fraction of sp³-hybridized carbons (Fsp3) is 0.651. The lowest BCUT2D eigenvalue weighted by molar-refractivity contribution is -0.145. The summed E-state index contributed by atoms with van der Waals surface area (Å²) in [6.07, 6.45) is 9.07. The number of rotatable bonds is 11. The zero-order valence-corrected chi connectivity index (χ0v) is 35.1. The summed E-state index contributed by atoms with van der Waals surface area (Å²) in [6, 6.07) is 4.92. The van der Waals surface area contributed by atoms with E-state index in [-0.39, 0.29) is 43.1 Å². The lowest BCUT2D eigenvalue weighted by Gasteiger charge is -2.40. The molecular weight excluding hydrogens is 779 g/mol. The van der Waals surface area contributed by atoms with Crippen molar-refractivity contribution in [3.63, 3.8) is 0 Å². The number of hydrogen-bond donors (Lipinski definition) is 3. The third kappa shape index (κ3) is 8.10. The van der Waals surface area contributed by atoms with Gasteiger partial charge in [0.05, 0.1) is 24.1 Å². The number of hydrogen-bond acceptors (Lipinski definition) is 10. The molecule has 9 atom stereocenters. The molecule has 0 bridgehead atoms. The first-order chi connectivity index (χ1) is 28.1. The molecule has 0 spiro atoms. The summed E-state index contributed by atoms with van der Waals surface area (Å²) >= 11 is 0. The van der Waals surface area contributed by atoms with E-state index in [9.17, 15) is 27.9 Å². The van der Waals surface area contributed by atoms with E-state index in [0.29, 0.717) is 74.7 Å². The normalized spacial score (nSPS) is 32.8. The van der Waals surface area contributed by atoms with Gasteiger partial charge >= 0.3 is 6.09 Å². The van der Waals surface area contributed by atoms with E-state index in [1.807, 2.05) is 43.3 Å². The molecule has 15 nitrogen and oxygen atoms in total. The van der Waals surface area contributed by atoms with E-state index in [2.05, 4.69) is 21.9 Å². The van der Waals surface area contributed by atoms with Crippen LogP contribution in [0.3, 0.4) is 0 Å². The van der Waals surface area contributed by atoms with Crippen LogP contribution in [0.5, 0.6) is 11.6 Å². The van der Waals surface area contributed by atoms with Crippen LogP contribution in [0.4, 0.5) is 4.79 Å². The number of allylic oxidation sites excluding steroid dienone is 1. The minimum absolute atomic E-state index is 0.0202. The Morgan fingerprint density at radius 3 is 2.47 bits per heavy atom. The molecule has 6 aliphatic rings. The Hall–Kier alpha value is -4.44. The number of ether oxygens (including phenoxy) is 3. The molecule has 4 saturated carbocycles. The zero-order chi connectivity index (χ0) is 41.9. The van der Waals surface area contributed by atoms with Crippen LogP contribution in [0, 0.1) is 29.6 Å². The predicted molar refractivity (Wildman–Crippen MR) is 217 cm³/mol. The fourth-order valence-electron chi connectivity index (χ4n) is 9.92. The van der Waals surface area contributed by atoms with Gasteiger partial charge in [-0.25, -0.2) is 18.2 Å². The maximum absolute atomic E-state index is 15.3. The van der Waals surface area contributed by atoms with Gasteiger partial charge in [0.2, 0.25) is 27.7 Å². The van der Waals surface area contributed by atoms with Crippen molar-refractivity contribution < 1.29 is 46.9 Å². The second-order valence-electron chi connectivity index (χ2n) is 18.3. The summed E-state index contributed by atoms with van der Waals surface area (Å²) in [4.78, 5) is 64.7. The van der Waals surface area contributed by atoms with E-state index < -0.39 is 68.2 Å². The van der Waals surface area contributed by atoms with Crippen LogP contribution < -0.4 is 19.5 Å². The van der Waals surface area contributed by atoms with Gasteiger partial charge in [-0.15, -0.1) is 0 Å². The summed E-state index contributed by atoms with van der Waals surface area (Å²) in [5.74, 6) is -0.896. The molecule has 5 fully saturated rings. The molecule has 1 aromatic carbocycles. The smallest absolute Gasteiger partial charge is 0.408 e. The highest BCUT2D eigenvalue weighted by molar-refractivity contribution is 7.91. The van der Waals surface area contributed by atoms with Gasteiger partial charge in [0, 0.05) is 36.3 Å². The third-order valence-corrected chi connectivity index (χ3v) is 16.0. The first-order valence-corrected chi connectivity index (χ1v) is 22.7. The van der Waals surface area contributed by atoms with Crippen LogP contribution in [0.15, 0.2) is 42.6 Å². The predicted octanol–water partition coefficient (Wildman–Crippen LogP) is 4.64. The molecule has 1 aromatic heterocycles. The maximum atomic E-state index is 15.3. The Morgan fingerprint density at radius 2 is 1.78 bits per heavy atom. The molecule has 320 valence electrons. The number of fused-ring (bicyclic) bond motifs is 4. The Morgan fingerprint density at radius 1 is 1.05 bits per heavy atom. The van der Waals surface area contributed by atoms with E-state index in [1.165, 1.54) is 9.80 Å². The second kappa shape index (κ2) is 15.9. The van der Waals surface area contributed by atoms with Crippen LogP contribution >= 0.6 is 0 Å². The first kappa shape index (κ1) is 41.3. The van der Waals surface area contributed by atoms with E-state index in [4.69, 9.17) is 14.2 Å². The minimum Gasteiger partial charge on any atom is -0.489 e. The van der Waals surface area contributed by atoms with Crippen molar-refractivity contribution in [1.82, 2.24) is 24.8 Å².